The summed E-state index contributed by atoms with van der Waals surface area (Å²) < 4.78 is 0. The molecule has 2 atom stereocenters. The fourth-order valence-corrected chi connectivity index (χ4v) is 4.66. The van der Waals surface area contributed by atoms with Gasteiger partial charge >= 0.3 is 0 Å². The topological polar surface area (TPSA) is 60.0 Å². The molecule has 3 rings (SSSR count). The summed E-state index contributed by atoms with van der Waals surface area (Å²) in [6, 6.07) is 9.80. The van der Waals surface area contributed by atoms with Crippen molar-refractivity contribution in [2.75, 3.05) is 34.2 Å². The van der Waals surface area contributed by atoms with Crippen LogP contribution < -0.4 is 10.6 Å². The summed E-state index contributed by atoms with van der Waals surface area (Å²) in [4.78, 5) is 21.2. The lowest BCUT2D eigenvalue weighted by Crippen LogP contribution is -2.56. The largest absolute Gasteiger partial charge is 0.357 e. The van der Waals surface area contributed by atoms with Crippen molar-refractivity contribution < 1.29 is 4.79 Å². The highest BCUT2D eigenvalue weighted by Crippen LogP contribution is 2.32. The lowest BCUT2D eigenvalue weighted by molar-refractivity contribution is 0.0526. The summed E-state index contributed by atoms with van der Waals surface area (Å²) in [6.07, 6.45) is 7.24. The Labute approximate surface area is 198 Å². The van der Waals surface area contributed by atoms with E-state index in [1.165, 1.54) is 32.1 Å². The van der Waals surface area contributed by atoms with Gasteiger partial charge in [0.2, 0.25) is 0 Å². The molecule has 0 aliphatic carbocycles. The molecule has 6 nitrogen and oxygen atoms in total. The lowest BCUT2D eigenvalue weighted by Gasteiger charge is -2.47. The van der Waals surface area contributed by atoms with Crippen LogP contribution in [0, 0.1) is 0 Å². The first-order valence-corrected chi connectivity index (χ1v) is 11.0. The summed E-state index contributed by atoms with van der Waals surface area (Å²) >= 11 is 0. The maximum Gasteiger partial charge on any atom is 0.253 e. The molecule has 2 saturated heterocycles. The molecule has 1 amide bonds. The van der Waals surface area contributed by atoms with E-state index in [-0.39, 0.29) is 29.9 Å². The quantitative estimate of drug-likeness (QED) is 0.339. The first-order chi connectivity index (χ1) is 14.0. The van der Waals surface area contributed by atoms with Crippen LogP contribution >= 0.6 is 24.0 Å². The van der Waals surface area contributed by atoms with E-state index in [4.69, 9.17) is 4.99 Å². The van der Waals surface area contributed by atoms with Crippen molar-refractivity contribution in [3.63, 3.8) is 0 Å². The molecule has 0 radical (unpaired) electrons. The second-order valence-corrected chi connectivity index (χ2v) is 8.63. The van der Waals surface area contributed by atoms with Crippen molar-refractivity contribution >= 4 is 35.8 Å². The number of hydrogen-bond acceptors (Lipinski definition) is 3. The number of guanidine groups is 1. The minimum absolute atomic E-state index is 0. The standard InChI is InChI=1S/C23H37N5O.HI/c1-5-24-23(26-19-15-20-10-7-11-21(16-19)28(20)4)25-13-12-17-8-6-9-18(14-17)22(29)27(2)3;/h6,8-9,14,19-21H,5,7,10-13,15-16H2,1-4H3,(H2,24,25,26);1H. The van der Waals surface area contributed by atoms with Gasteiger partial charge in [-0.25, -0.2) is 0 Å². The van der Waals surface area contributed by atoms with E-state index in [0.29, 0.717) is 24.7 Å². The molecule has 0 saturated carbocycles. The normalized spacial score (nSPS) is 24.0. The van der Waals surface area contributed by atoms with Gasteiger partial charge in [-0.2, -0.15) is 0 Å². The molecule has 168 valence electrons. The summed E-state index contributed by atoms with van der Waals surface area (Å²) in [5.41, 5.74) is 1.88. The number of nitrogens with zero attached hydrogens (tertiary/aromatic N) is 3. The average molecular weight is 527 g/mol. The van der Waals surface area contributed by atoms with Gasteiger partial charge in [-0.05, 0) is 63.8 Å². The van der Waals surface area contributed by atoms with Gasteiger partial charge in [0.25, 0.3) is 5.91 Å². The Morgan fingerprint density at radius 3 is 2.57 bits per heavy atom. The Morgan fingerprint density at radius 1 is 1.23 bits per heavy atom. The summed E-state index contributed by atoms with van der Waals surface area (Å²) in [6.45, 7) is 3.67. The van der Waals surface area contributed by atoms with Gasteiger partial charge in [0, 0.05) is 50.9 Å². The van der Waals surface area contributed by atoms with Gasteiger partial charge in [0.1, 0.15) is 0 Å². The monoisotopic (exact) mass is 527 g/mol. The van der Waals surface area contributed by atoms with E-state index in [0.717, 1.165) is 30.1 Å². The summed E-state index contributed by atoms with van der Waals surface area (Å²) in [5, 5.41) is 7.09. The molecule has 1 aromatic rings. The highest BCUT2D eigenvalue weighted by Gasteiger charge is 2.36. The maximum absolute atomic E-state index is 12.2. The number of nitrogens with one attached hydrogen (secondary N) is 2. The number of fused-ring (bicyclic) bond motifs is 2. The zero-order valence-corrected chi connectivity index (χ0v) is 21.2. The van der Waals surface area contributed by atoms with Crippen molar-refractivity contribution in [2.45, 2.75) is 63.6 Å². The van der Waals surface area contributed by atoms with Crippen LogP contribution in [-0.4, -0.2) is 74.0 Å². The molecular weight excluding hydrogens is 489 g/mol. The summed E-state index contributed by atoms with van der Waals surface area (Å²) in [5.74, 6) is 0.957. The van der Waals surface area contributed by atoms with Crippen LogP contribution in [0.5, 0.6) is 0 Å². The SMILES string of the molecule is CCNC(=NCCc1cccc(C(=O)N(C)C)c1)NC1CC2CCCC(C1)N2C.I. The molecule has 30 heavy (non-hydrogen) atoms. The smallest absolute Gasteiger partial charge is 0.253 e. The van der Waals surface area contributed by atoms with Crippen molar-refractivity contribution in [3.8, 4) is 0 Å². The van der Waals surface area contributed by atoms with E-state index in [1.807, 2.05) is 18.2 Å². The van der Waals surface area contributed by atoms with Gasteiger partial charge in [-0.1, -0.05) is 18.6 Å². The van der Waals surface area contributed by atoms with E-state index >= 15 is 0 Å². The van der Waals surface area contributed by atoms with Gasteiger partial charge in [-0.15, -0.1) is 24.0 Å². The van der Waals surface area contributed by atoms with Gasteiger partial charge in [0.15, 0.2) is 5.96 Å². The van der Waals surface area contributed by atoms with E-state index < -0.39 is 0 Å². The van der Waals surface area contributed by atoms with Gasteiger partial charge in [-0.3, -0.25) is 9.79 Å². The number of benzene rings is 1. The second-order valence-electron chi connectivity index (χ2n) is 8.63. The van der Waals surface area contributed by atoms with Crippen LogP contribution in [0.1, 0.15) is 54.9 Å². The van der Waals surface area contributed by atoms with Gasteiger partial charge < -0.3 is 20.4 Å². The van der Waals surface area contributed by atoms with Gasteiger partial charge in [0.05, 0.1) is 0 Å². The number of aliphatic imine (C=N–C) groups is 1. The molecule has 1 aromatic carbocycles. The molecule has 2 fully saturated rings. The Bertz CT molecular complexity index is 709. The lowest BCUT2D eigenvalue weighted by atomic mass is 9.82. The highest BCUT2D eigenvalue weighted by atomic mass is 127. The number of carbonyl (C=O) groups is 1. The fraction of sp³-hybridized carbons (Fsp3) is 0.652. The molecule has 2 unspecified atom stereocenters. The average Bonchev–Trinajstić information content (AvgIpc) is 2.68. The van der Waals surface area contributed by atoms with Crippen LogP contribution in [-0.2, 0) is 6.42 Å². The third-order valence-electron chi connectivity index (χ3n) is 6.28. The first-order valence-electron chi connectivity index (χ1n) is 11.0. The first kappa shape index (κ1) is 24.9. The minimum atomic E-state index is 0. The van der Waals surface area contributed by atoms with Crippen molar-refractivity contribution in [2.24, 2.45) is 4.99 Å². The van der Waals surface area contributed by atoms with E-state index in [9.17, 15) is 4.79 Å². The molecule has 7 heteroatoms. The molecule has 2 N–H and O–H groups in total. The predicted octanol–water partition coefficient (Wildman–Crippen LogP) is 3.12. The Balaban J connectivity index is 0.00000320. The summed E-state index contributed by atoms with van der Waals surface area (Å²) in [7, 11) is 5.86. The number of halogens is 1. The van der Waals surface area contributed by atoms with Crippen LogP contribution in [0.2, 0.25) is 0 Å². The number of hydrogen-bond donors (Lipinski definition) is 2. The highest BCUT2D eigenvalue weighted by molar-refractivity contribution is 14.0. The fourth-order valence-electron chi connectivity index (χ4n) is 4.66. The molecule has 2 bridgehead atoms. The van der Waals surface area contributed by atoms with Crippen molar-refractivity contribution in [3.05, 3.63) is 35.4 Å². The zero-order valence-electron chi connectivity index (χ0n) is 18.9. The Morgan fingerprint density at radius 2 is 1.93 bits per heavy atom. The Hall–Kier alpha value is -1.35. The number of piperidine rings is 2. The molecule has 2 aliphatic rings. The predicted molar refractivity (Wildman–Crippen MR) is 135 cm³/mol. The molecular formula is C23H38IN5O. The van der Waals surface area contributed by atoms with E-state index in [1.54, 1.807) is 19.0 Å². The molecule has 0 spiro atoms. The van der Waals surface area contributed by atoms with Crippen molar-refractivity contribution in [1.82, 2.24) is 20.4 Å². The van der Waals surface area contributed by atoms with Crippen LogP contribution in [0.25, 0.3) is 0 Å². The van der Waals surface area contributed by atoms with Crippen molar-refractivity contribution in [1.29, 1.82) is 0 Å². The third kappa shape index (κ3) is 6.57. The van der Waals surface area contributed by atoms with Crippen LogP contribution in [0.4, 0.5) is 0 Å². The minimum Gasteiger partial charge on any atom is -0.357 e. The zero-order chi connectivity index (χ0) is 20.8. The second kappa shape index (κ2) is 11.9. The number of carbonyl (C=O) groups excluding carboxylic acids is 1. The third-order valence-corrected chi connectivity index (χ3v) is 6.28. The number of rotatable bonds is 6. The number of amides is 1. The van der Waals surface area contributed by atoms with E-state index in [2.05, 4.69) is 35.6 Å². The van der Waals surface area contributed by atoms with Crippen LogP contribution in [0.15, 0.2) is 29.3 Å². The molecule has 2 aliphatic heterocycles. The van der Waals surface area contributed by atoms with Crippen LogP contribution in [0.3, 0.4) is 0 Å². The maximum atomic E-state index is 12.2. The molecule has 2 heterocycles. The Kier molecular flexibility index (Phi) is 9.87. The molecule has 0 aromatic heterocycles.